The van der Waals surface area contributed by atoms with E-state index in [4.69, 9.17) is 17.3 Å². The SMILES string of the molecule is Nc1nc(C(F)(F)F)c(C(=O)NCc2cc(F)c(F)cc2Cl)s1. The zero-order chi connectivity index (χ0) is 17.4. The Kier molecular flexibility index (Phi) is 4.76. The Bertz CT molecular complexity index is 762. The monoisotopic (exact) mass is 371 g/mol. The number of nitrogens with two attached hydrogens (primary N) is 1. The molecule has 0 aliphatic heterocycles. The second-order valence-corrected chi connectivity index (χ2v) is 5.71. The van der Waals surface area contributed by atoms with Crippen LogP contribution in [-0.2, 0) is 12.7 Å². The quantitative estimate of drug-likeness (QED) is 0.640. The van der Waals surface area contributed by atoms with E-state index in [0.29, 0.717) is 17.4 Å². The first kappa shape index (κ1) is 17.4. The van der Waals surface area contributed by atoms with Gasteiger partial charge in [0.15, 0.2) is 22.5 Å². The summed E-state index contributed by atoms with van der Waals surface area (Å²) in [6, 6.07) is 1.44. The Morgan fingerprint density at radius 3 is 2.52 bits per heavy atom. The Morgan fingerprint density at radius 2 is 1.91 bits per heavy atom. The number of aromatic nitrogens is 1. The molecule has 124 valence electrons. The van der Waals surface area contributed by atoms with Crippen molar-refractivity contribution in [2.75, 3.05) is 5.73 Å². The first-order valence-corrected chi connectivity index (χ1v) is 7.04. The molecular formula is C12H7ClF5N3OS. The maximum Gasteiger partial charge on any atom is 0.435 e. The molecule has 1 amide bonds. The van der Waals surface area contributed by atoms with Gasteiger partial charge in [0.05, 0.1) is 0 Å². The first-order chi connectivity index (χ1) is 10.6. The van der Waals surface area contributed by atoms with Crippen LogP contribution in [0.4, 0.5) is 27.1 Å². The van der Waals surface area contributed by atoms with E-state index in [1.165, 1.54) is 0 Å². The van der Waals surface area contributed by atoms with Gasteiger partial charge in [-0.05, 0) is 17.7 Å². The van der Waals surface area contributed by atoms with Crippen molar-refractivity contribution < 1.29 is 26.7 Å². The van der Waals surface area contributed by atoms with Gasteiger partial charge in [0.2, 0.25) is 0 Å². The lowest BCUT2D eigenvalue weighted by atomic mass is 10.2. The molecule has 0 aliphatic carbocycles. The lowest BCUT2D eigenvalue weighted by Crippen LogP contribution is -2.25. The van der Waals surface area contributed by atoms with Gasteiger partial charge in [-0.3, -0.25) is 4.79 Å². The van der Waals surface area contributed by atoms with E-state index in [9.17, 15) is 26.7 Å². The number of thiazole rings is 1. The zero-order valence-electron chi connectivity index (χ0n) is 11.0. The molecule has 0 saturated heterocycles. The molecule has 2 rings (SSSR count). The van der Waals surface area contributed by atoms with E-state index in [1.54, 1.807) is 0 Å². The average molecular weight is 372 g/mol. The molecule has 0 radical (unpaired) electrons. The number of nitrogen functional groups attached to an aromatic ring is 1. The van der Waals surface area contributed by atoms with Crippen molar-refractivity contribution in [3.05, 3.63) is 44.9 Å². The Morgan fingerprint density at radius 1 is 1.30 bits per heavy atom. The van der Waals surface area contributed by atoms with Gasteiger partial charge in [-0.15, -0.1) is 0 Å². The van der Waals surface area contributed by atoms with Crippen molar-refractivity contribution in [3.8, 4) is 0 Å². The Hall–Kier alpha value is -1.94. The maximum absolute atomic E-state index is 13.1. The van der Waals surface area contributed by atoms with Crippen molar-refractivity contribution >= 4 is 34.0 Å². The Labute approximate surface area is 135 Å². The summed E-state index contributed by atoms with van der Waals surface area (Å²) in [4.78, 5) is 14.2. The van der Waals surface area contributed by atoms with Crippen molar-refractivity contribution in [2.45, 2.75) is 12.7 Å². The molecule has 3 N–H and O–H groups in total. The number of amides is 1. The third-order valence-corrected chi connectivity index (χ3v) is 3.88. The summed E-state index contributed by atoms with van der Waals surface area (Å²) >= 11 is 6.03. The summed E-state index contributed by atoms with van der Waals surface area (Å²) < 4.78 is 64.3. The minimum Gasteiger partial charge on any atom is -0.375 e. The normalized spacial score (nSPS) is 11.6. The van der Waals surface area contributed by atoms with E-state index in [0.717, 1.165) is 6.07 Å². The molecule has 1 aromatic carbocycles. The number of alkyl halides is 3. The molecule has 4 nitrogen and oxygen atoms in total. The minimum absolute atomic E-state index is 0.00459. The first-order valence-electron chi connectivity index (χ1n) is 5.84. The number of anilines is 1. The largest absolute Gasteiger partial charge is 0.435 e. The van der Waals surface area contributed by atoms with Crippen LogP contribution in [0.3, 0.4) is 0 Å². The molecule has 23 heavy (non-hydrogen) atoms. The molecule has 0 bridgehead atoms. The number of hydrogen-bond donors (Lipinski definition) is 2. The molecule has 1 aromatic heterocycles. The predicted molar refractivity (Wildman–Crippen MR) is 74.1 cm³/mol. The van der Waals surface area contributed by atoms with Crippen LogP contribution in [0, 0.1) is 11.6 Å². The number of rotatable bonds is 3. The molecule has 0 aliphatic rings. The topological polar surface area (TPSA) is 68.0 Å². The summed E-state index contributed by atoms with van der Waals surface area (Å²) in [7, 11) is 0. The number of halogens is 6. The van der Waals surface area contributed by atoms with Crippen LogP contribution >= 0.6 is 22.9 Å². The molecular weight excluding hydrogens is 365 g/mol. The van der Waals surface area contributed by atoms with Crippen LogP contribution in [0.1, 0.15) is 20.9 Å². The zero-order valence-corrected chi connectivity index (χ0v) is 12.5. The lowest BCUT2D eigenvalue weighted by Gasteiger charge is -2.09. The van der Waals surface area contributed by atoms with Gasteiger partial charge in [-0.2, -0.15) is 13.2 Å². The second-order valence-electron chi connectivity index (χ2n) is 4.27. The molecule has 0 unspecified atom stereocenters. The number of nitrogens with one attached hydrogen (secondary N) is 1. The van der Waals surface area contributed by atoms with Crippen LogP contribution in [0.2, 0.25) is 5.02 Å². The van der Waals surface area contributed by atoms with Crippen LogP contribution in [-0.4, -0.2) is 10.9 Å². The van der Waals surface area contributed by atoms with Gasteiger partial charge < -0.3 is 11.1 Å². The number of carbonyl (C=O) groups is 1. The van der Waals surface area contributed by atoms with Crippen molar-refractivity contribution in [3.63, 3.8) is 0 Å². The third kappa shape index (κ3) is 3.88. The molecule has 1 heterocycles. The summed E-state index contributed by atoms with van der Waals surface area (Å²) in [5, 5.41) is 1.53. The fourth-order valence-corrected chi connectivity index (χ4v) is 2.62. The van der Waals surface area contributed by atoms with Crippen LogP contribution in [0.5, 0.6) is 0 Å². The highest BCUT2D eigenvalue weighted by Gasteiger charge is 2.39. The highest BCUT2D eigenvalue weighted by atomic mass is 35.5. The maximum atomic E-state index is 13.1. The average Bonchev–Trinajstić information content (AvgIpc) is 2.83. The smallest absolute Gasteiger partial charge is 0.375 e. The predicted octanol–water partition coefficient (Wildman–Crippen LogP) is 3.61. The summed E-state index contributed by atoms with van der Waals surface area (Å²) in [6.07, 6.45) is -4.85. The van der Waals surface area contributed by atoms with Crippen LogP contribution in [0.25, 0.3) is 0 Å². The standard InChI is InChI=1S/C12H7ClF5N3OS/c13-5-2-7(15)6(14)1-4(5)3-20-10(22)8-9(12(16,17)18)21-11(19)23-8/h1-2H,3H2,(H2,19,21)(H,20,22). The second kappa shape index (κ2) is 6.28. The van der Waals surface area contributed by atoms with Gasteiger partial charge in [-0.1, -0.05) is 22.9 Å². The summed E-state index contributed by atoms with van der Waals surface area (Å²) in [5.41, 5.74) is 3.79. The molecule has 0 atom stereocenters. The van der Waals surface area contributed by atoms with Crippen molar-refractivity contribution in [1.29, 1.82) is 0 Å². The van der Waals surface area contributed by atoms with Gasteiger partial charge >= 0.3 is 6.18 Å². The van der Waals surface area contributed by atoms with Gasteiger partial charge in [0.1, 0.15) is 4.88 Å². The van der Waals surface area contributed by atoms with E-state index in [2.05, 4.69) is 10.3 Å². The molecule has 0 saturated carbocycles. The fourth-order valence-electron chi connectivity index (χ4n) is 1.64. The van der Waals surface area contributed by atoms with Gasteiger partial charge in [-0.25, -0.2) is 13.8 Å². The minimum atomic E-state index is -4.85. The molecule has 0 fully saturated rings. The number of nitrogens with zero attached hydrogens (tertiary/aromatic N) is 1. The van der Waals surface area contributed by atoms with Crippen LogP contribution < -0.4 is 11.1 Å². The van der Waals surface area contributed by atoms with Crippen LogP contribution in [0.15, 0.2) is 12.1 Å². The summed E-state index contributed by atoms with van der Waals surface area (Å²) in [6.45, 7) is -0.399. The van der Waals surface area contributed by atoms with E-state index in [-0.39, 0.29) is 10.6 Å². The van der Waals surface area contributed by atoms with Crippen molar-refractivity contribution in [1.82, 2.24) is 10.3 Å². The number of benzene rings is 1. The molecule has 11 heteroatoms. The molecule has 0 spiro atoms. The fraction of sp³-hybridized carbons (Fsp3) is 0.167. The third-order valence-electron chi connectivity index (χ3n) is 2.65. The Balaban J connectivity index is 2.20. The van der Waals surface area contributed by atoms with E-state index in [1.807, 2.05) is 0 Å². The van der Waals surface area contributed by atoms with Crippen molar-refractivity contribution in [2.24, 2.45) is 0 Å². The highest BCUT2D eigenvalue weighted by Crippen LogP contribution is 2.35. The molecule has 2 aromatic rings. The van der Waals surface area contributed by atoms with E-state index >= 15 is 0 Å². The van der Waals surface area contributed by atoms with E-state index < -0.39 is 46.0 Å². The number of carbonyl (C=O) groups excluding carboxylic acids is 1. The summed E-state index contributed by atoms with van der Waals surface area (Å²) in [5.74, 6) is -3.48. The van der Waals surface area contributed by atoms with Gasteiger partial charge in [0.25, 0.3) is 5.91 Å². The highest BCUT2D eigenvalue weighted by molar-refractivity contribution is 7.17. The lowest BCUT2D eigenvalue weighted by molar-refractivity contribution is -0.141. The van der Waals surface area contributed by atoms with Gasteiger partial charge in [0, 0.05) is 11.6 Å². The number of hydrogen-bond acceptors (Lipinski definition) is 4.